The largest absolute Gasteiger partial charge is 0.358 e. The minimum atomic E-state index is -0.114. The zero-order valence-corrected chi connectivity index (χ0v) is 9.95. The molecule has 16 heavy (non-hydrogen) atoms. The van der Waals surface area contributed by atoms with Gasteiger partial charge in [-0.15, -0.1) is 0 Å². The van der Waals surface area contributed by atoms with Crippen molar-refractivity contribution in [3.63, 3.8) is 0 Å². The zero-order chi connectivity index (χ0) is 11.4. The molecular formula is C15H16O. The Labute approximate surface area is 96.0 Å². The van der Waals surface area contributed by atoms with E-state index in [0.29, 0.717) is 0 Å². The molecule has 82 valence electrons. The van der Waals surface area contributed by atoms with E-state index in [2.05, 4.69) is 63.2 Å². The quantitative estimate of drug-likeness (QED) is 0.654. The summed E-state index contributed by atoms with van der Waals surface area (Å²) in [6.07, 6.45) is 0. The molecule has 0 aliphatic carbocycles. The van der Waals surface area contributed by atoms with Crippen molar-refractivity contribution in [1.82, 2.24) is 0 Å². The number of ether oxygens (including phenoxy) is 1. The summed E-state index contributed by atoms with van der Waals surface area (Å²) in [5, 5.41) is 2.57. The molecule has 1 nitrogen and oxygen atoms in total. The molecule has 0 bridgehead atoms. The topological polar surface area (TPSA) is 12.5 Å². The van der Waals surface area contributed by atoms with Gasteiger partial charge in [0.05, 0.1) is 5.60 Å². The van der Waals surface area contributed by atoms with E-state index in [1.54, 1.807) is 0 Å². The number of hydrogen-bond acceptors (Lipinski definition) is 1. The molecule has 1 heterocycles. The molecule has 0 N–H and O–H groups in total. The first-order valence-corrected chi connectivity index (χ1v) is 5.72. The van der Waals surface area contributed by atoms with E-state index in [1.807, 2.05) is 0 Å². The average Bonchev–Trinajstić information content (AvgIpc) is 2.79. The van der Waals surface area contributed by atoms with E-state index < -0.39 is 0 Å². The molecule has 0 radical (unpaired) electrons. The van der Waals surface area contributed by atoms with Crippen molar-refractivity contribution >= 4 is 10.8 Å². The lowest BCUT2D eigenvalue weighted by molar-refractivity contribution is 0.288. The van der Waals surface area contributed by atoms with Gasteiger partial charge in [0.1, 0.15) is 5.60 Å². The van der Waals surface area contributed by atoms with Gasteiger partial charge in [0.2, 0.25) is 0 Å². The molecule has 1 atom stereocenters. The molecule has 0 aromatic heterocycles. The second kappa shape index (κ2) is 2.86. The lowest BCUT2D eigenvalue weighted by Gasteiger charge is -2.10. The average molecular weight is 212 g/mol. The summed E-state index contributed by atoms with van der Waals surface area (Å²) in [4.78, 5) is 0. The SMILES string of the molecule is CC1(C)OC1(C)c1ccc2ccccc2c1. The monoisotopic (exact) mass is 212 g/mol. The highest BCUT2D eigenvalue weighted by Gasteiger charge is 2.61. The van der Waals surface area contributed by atoms with E-state index in [1.165, 1.54) is 16.3 Å². The molecule has 1 unspecified atom stereocenters. The van der Waals surface area contributed by atoms with Crippen LogP contribution in [0.2, 0.25) is 0 Å². The molecule has 1 aliphatic heterocycles. The highest BCUT2D eigenvalue weighted by atomic mass is 16.6. The predicted octanol–water partition coefficient (Wildman–Crippen LogP) is 3.86. The maximum absolute atomic E-state index is 5.83. The van der Waals surface area contributed by atoms with Crippen LogP contribution in [-0.2, 0) is 10.3 Å². The van der Waals surface area contributed by atoms with Gasteiger partial charge in [0.25, 0.3) is 0 Å². The van der Waals surface area contributed by atoms with Crippen LogP contribution in [0.15, 0.2) is 42.5 Å². The van der Waals surface area contributed by atoms with E-state index in [-0.39, 0.29) is 11.2 Å². The fourth-order valence-corrected chi connectivity index (χ4v) is 2.38. The first kappa shape index (κ1) is 9.86. The Balaban J connectivity index is 2.14. The molecule has 0 spiro atoms. The standard InChI is InChI=1S/C15H16O/c1-14(2)15(3,16-14)13-9-8-11-6-4-5-7-12(11)10-13/h4-10H,1-3H3. The van der Waals surface area contributed by atoms with Gasteiger partial charge in [-0.05, 0) is 43.2 Å². The Kier molecular flexibility index (Phi) is 1.76. The summed E-state index contributed by atoms with van der Waals surface area (Å²) in [6.45, 7) is 6.45. The van der Waals surface area contributed by atoms with Gasteiger partial charge < -0.3 is 4.74 Å². The van der Waals surface area contributed by atoms with Gasteiger partial charge in [-0.3, -0.25) is 0 Å². The van der Waals surface area contributed by atoms with Gasteiger partial charge >= 0.3 is 0 Å². The predicted molar refractivity (Wildman–Crippen MR) is 66.5 cm³/mol. The zero-order valence-electron chi connectivity index (χ0n) is 9.95. The van der Waals surface area contributed by atoms with Gasteiger partial charge in [0.15, 0.2) is 0 Å². The summed E-state index contributed by atoms with van der Waals surface area (Å²) >= 11 is 0. The van der Waals surface area contributed by atoms with Crippen molar-refractivity contribution in [2.75, 3.05) is 0 Å². The molecular weight excluding hydrogens is 196 g/mol. The summed E-state index contributed by atoms with van der Waals surface area (Å²) in [5.41, 5.74) is 1.13. The van der Waals surface area contributed by atoms with Crippen molar-refractivity contribution < 1.29 is 4.74 Å². The maximum atomic E-state index is 5.83. The molecule has 1 aliphatic rings. The fourth-order valence-electron chi connectivity index (χ4n) is 2.38. The Morgan fingerprint density at radius 1 is 0.875 bits per heavy atom. The maximum Gasteiger partial charge on any atom is 0.120 e. The summed E-state index contributed by atoms with van der Waals surface area (Å²) in [7, 11) is 0. The van der Waals surface area contributed by atoms with Crippen LogP contribution in [0.1, 0.15) is 26.3 Å². The van der Waals surface area contributed by atoms with Crippen LogP contribution in [0.3, 0.4) is 0 Å². The van der Waals surface area contributed by atoms with Gasteiger partial charge in [-0.25, -0.2) is 0 Å². The Morgan fingerprint density at radius 3 is 2.12 bits per heavy atom. The molecule has 2 aromatic carbocycles. The third kappa shape index (κ3) is 1.21. The molecule has 0 saturated carbocycles. The third-order valence-corrected chi connectivity index (χ3v) is 3.87. The van der Waals surface area contributed by atoms with Gasteiger partial charge in [0, 0.05) is 0 Å². The van der Waals surface area contributed by atoms with Crippen molar-refractivity contribution in [1.29, 1.82) is 0 Å². The van der Waals surface area contributed by atoms with Gasteiger partial charge in [-0.2, -0.15) is 0 Å². The van der Waals surface area contributed by atoms with Gasteiger partial charge in [-0.1, -0.05) is 36.4 Å². The molecule has 2 aromatic rings. The number of epoxide rings is 1. The highest BCUT2D eigenvalue weighted by Crippen LogP contribution is 2.55. The van der Waals surface area contributed by atoms with Crippen LogP contribution in [-0.4, -0.2) is 5.60 Å². The van der Waals surface area contributed by atoms with E-state index in [9.17, 15) is 0 Å². The van der Waals surface area contributed by atoms with Crippen molar-refractivity contribution in [3.8, 4) is 0 Å². The number of hydrogen-bond donors (Lipinski definition) is 0. The molecule has 3 rings (SSSR count). The number of benzene rings is 2. The summed E-state index contributed by atoms with van der Waals surface area (Å²) < 4.78 is 5.83. The second-order valence-corrected chi connectivity index (χ2v) is 5.21. The minimum Gasteiger partial charge on any atom is -0.358 e. The second-order valence-electron chi connectivity index (χ2n) is 5.21. The summed E-state index contributed by atoms with van der Waals surface area (Å²) in [5.74, 6) is 0. The Morgan fingerprint density at radius 2 is 1.50 bits per heavy atom. The Hall–Kier alpha value is -1.34. The smallest absolute Gasteiger partial charge is 0.120 e. The van der Waals surface area contributed by atoms with Crippen molar-refractivity contribution in [2.45, 2.75) is 32.0 Å². The number of fused-ring (bicyclic) bond motifs is 1. The summed E-state index contributed by atoms with van der Waals surface area (Å²) in [6, 6.07) is 15.0. The third-order valence-electron chi connectivity index (χ3n) is 3.87. The molecule has 1 saturated heterocycles. The number of rotatable bonds is 1. The first-order valence-electron chi connectivity index (χ1n) is 5.72. The van der Waals surface area contributed by atoms with E-state index in [0.717, 1.165) is 0 Å². The normalized spacial score (nSPS) is 26.9. The van der Waals surface area contributed by atoms with Crippen LogP contribution in [0, 0.1) is 0 Å². The van der Waals surface area contributed by atoms with Crippen LogP contribution in [0.5, 0.6) is 0 Å². The van der Waals surface area contributed by atoms with Crippen LogP contribution in [0.4, 0.5) is 0 Å². The molecule has 1 heteroatoms. The highest BCUT2D eigenvalue weighted by molar-refractivity contribution is 5.83. The van der Waals surface area contributed by atoms with Crippen molar-refractivity contribution in [3.05, 3.63) is 48.0 Å². The lowest BCUT2D eigenvalue weighted by Crippen LogP contribution is -2.13. The lowest BCUT2D eigenvalue weighted by atomic mass is 9.89. The molecule has 1 fully saturated rings. The van der Waals surface area contributed by atoms with Crippen LogP contribution >= 0.6 is 0 Å². The fraction of sp³-hybridized carbons (Fsp3) is 0.333. The Bertz CT molecular complexity index is 556. The van der Waals surface area contributed by atoms with E-state index in [4.69, 9.17) is 4.74 Å². The minimum absolute atomic E-state index is 0.0323. The first-order chi connectivity index (χ1) is 7.53. The van der Waals surface area contributed by atoms with Crippen LogP contribution < -0.4 is 0 Å². The van der Waals surface area contributed by atoms with Crippen LogP contribution in [0.25, 0.3) is 10.8 Å². The molecule has 0 amide bonds. The van der Waals surface area contributed by atoms with Crippen molar-refractivity contribution in [2.24, 2.45) is 0 Å². The van der Waals surface area contributed by atoms with E-state index >= 15 is 0 Å².